The van der Waals surface area contributed by atoms with Gasteiger partial charge in [-0.3, -0.25) is 0 Å². The fourth-order valence-electron chi connectivity index (χ4n) is 2.16. The average molecular weight is 326 g/mol. The standard InChI is InChI=1S/C14H16ClN3O2S/c1-14(8-19-6-11(14)16)13-17-12(18-20-13)7-21-10-4-2-3-9(15)5-10/h2-5,11H,6-8,16H2,1H3. The zero-order valence-corrected chi connectivity index (χ0v) is 13.2. The molecule has 3 rings (SSSR count). The molecule has 2 aromatic rings. The van der Waals surface area contributed by atoms with Crippen LogP contribution in [0.15, 0.2) is 33.7 Å². The van der Waals surface area contributed by atoms with Crippen molar-refractivity contribution in [2.45, 2.75) is 29.0 Å². The highest BCUT2D eigenvalue weighted by Gasteiger charge is 2.44. The van der Waals surface area contributed by atoms with E-state index < -0.39 is 5.41 Å². The van der Waals surface area contributed by atoms with E-state index in [0.29, 0.717) is 30.7 Å². The summed E-state index contributed by atoms with van der Waals surface area (Å²) in [6.45, 7) is 3.02. The first-order valence-electron chi connectivity index (χ1n) is 6.63. The van der Waals surface area contributed by atoms with Gasteiger partial charge in [-0.1, -0.05) is 22.8 Å². The third-order valence-electron chi connectivity index (χ3n) is 3.64. The van der Waals surface area contributed by atoms with Crippen molar-refractivity contribution in [2.75, 3.05) is 13.2 Å². The van der Waals surface area contributed by atoms with Crippen LogP contribution in [0.3, 0.4) is 0 Å². The van der Waals surface area contributed by atoms with Gasteiger partial charge >= 0.3 is 0 Å². The highest BCUT2D eigenvalue weighted by molar-refractivity contribution is 7.98. The topological polar surface area (TPSA) is 74.2 Å². The second-order valence-corrected chi connectivity index (χ2v) is 6.79. The van der Waals surface area contributed by atoms with Crippen molar-refractivity contribution in [3.05, 3.63) is 41.0 Å². The van der Waals surface area contributed by atoms with E-state index in [1.807, 2.05) is 31.2 Å². The van der Waals surface area contributed by atoms with Crippen molar-refractivity contribution in [3.8, 4) is 0 Å². The molecule has 2 atom stereocenters. The summed E-state index contributed by atoms with van der Waals surface area (Å²) >= 11 is 7.57. The number of aromatic nitrogens is 2. The molecule has 1 aliphatic rings. The van der Waals surface area contributed by atoms with Gasteiger partial charge in [0.15, 0.2) is 5.82 Å². The van der Waals surface area contributed by atoms with Crippen LogP contribution in [0.1, 0.15) is 18.6 Å². The fraction of sp³-hybridized carbons (Fsp3) is 0.429. The maximum absolute atomic E-state index is 6.06. The lowest BCUT2D eigenvalue weighted by molar-refractivity contribution is 0.169. The van der Waals surface area contributed by atoms with Crippen molar-refractivity contribution in [2.24, 2.45) is 5.73 Å². The van der Waals surface area contributed by atoms with E-state index in [4.69, 9.17) is 26.6 Å². The molecule has 1 fully saturated rings. The number of hydrogen-bond donors (Lipinski definition) is 1. The summed E-state index contributed by atoms with van der Waals surface area (Å²) in [5.41, 5.74) is 5.67. The predicted octanol–water partition coefficient (Wildman–Crippen LogP) is 2.63. The van der Waals surface area contributed by atoms with Gasteiger partial charge in [-0.15, -0.1) is 11.8 Å². The van der Waals surface area contributed by atoms with Gasteiger partial charge in [-0.25, -0.2) is 0 Å². The van der Waals surface area contributed by atoms with Gasteiger partial charge in [0, 0.05) is 16.0 Å². The first-order valence-corrected chi connectivity index (χ1v) is 7.99. The van der Waals surface area contributed by atoms with E-state index in [0.717, 1.165) is 9.92 Å². The molecule has 2 heterocycles. The van der Waals surface area contributed by atoms with Gasteiger partial charge < -0.3 is 15.0 Å². The fourth-order valence-corrected chi connectivity index (χ4v) is 3.21. The lowest BCUT2D eigenvalue weighted by atomic mass is 9.86. The van der Waals surface area contributed by atoms with Gasteiger partial charge in [0.1, 0.15) is 0 Å². The molecule has 1 saturated heterocycles. The highest BCUT2D eigenvalue weighted by atomic mass is 35.5. The maximum atomic E-state index is 6.06. The molecule has 1 aromatic carbocycles. The largest absolute Gasteiger partial charge is 0.379 e. The highest BCUT2D eigenvalue weighted by Crippen LogP contribution is 2.31. The Morgan fingerprint density at radius 1 is 1.52 bits per heavy atom. The maximum Gasteiger partial charge on any atom is 0.236 e. The molecule has 0 saturated carbocycles. The number of benzene rings is 1. The van der Waals surface area contributed by atoms with Crippen LogP contribution in [0.5, 0.6) is 0 Å². The first-order chi connectivity index (χ1) is 10.1. The van der Waals surface area contributed by atoms with Crippen LogP contribution < -0.4 is 5.73 Å². The third kappa shape index (κ3) is 3.08. The Morgan fingerprint density at radius 3 is 3.10 bits per heavy atom. The Hall–Kier alpha value is -1.08. The van der Waals surface area contributed by atoms with Gasteiger partial charge in [0.2, 0.25) is 5.89 Å². The zero-order valence-electron chi connectivity index (χ0n) is 11.6. The van der Waals surface area contributed by atoms with E-state index in [9.17, 15) is 0 Å². The summed E-state index contributed by atoms with van der Waals surface area (Å²) < 4.78 is 10.8. The predicted molar refractivity (Wildman–Crippen MR) is 81.5 cm³/mol. The van der Waals surface area contributed by atoms with Crippen molar-refractivity contribution in [3.63, 3.8) is 0 Å². The number of nitrogens with two attached hydrogens (primary N) is 1. The van der Waals surface area contributed by atoms with Crippen molar-refractivity contribution in [1.29, 1.82) is 0 Å². The number of nitrogens with zero attached hydrogens (tertiary/aromatic N) is 2. The molecular weight excluding hydrogens is 310 g/mol. The summed E-state index contributed by atoms with van der Waals surface area (Å²) in [6.07, 6.45) is 0. The number of rotatable bonds is 4. The minimum atomic E-state index is -0.397. The molecule has 0 spiro atoms. The number of hydrogen-bond acceptors (Lipinski definition) is 6. The smallest absolute Gasteiger partial charge is 0.236 e. The molecule has 21 heavy (non-hydrogen) atoms. The van der Waals surface area contributed by atoms with Crippen molar-refractivity contribution >= 4 is 23.4 Å². The van der Waals surface area contributed by atoms with Crippen LogP contribution >= 0.6 is 23.4 Å². The molecule has 1 aliphatic heterocycles. The van der Waals surface area contributed by atoms with E-state index >= 15 is 0 Å². The summed E-state index contributed by atoms with van der Waals surface area (Å²) in [5.74, 6) is 1.82. The molecule has 0 aliphatic carbocycles. The SMILES string of the molecule is CC1(c2nc(CSc3cccc(Cl)c3)no2)COCC1N. The third-order valence-corrected chi connectivity index (χ3v) is 4.86. The Balaban J connectivity index is 1.68. The van der Waals surface area contributed by atoms with E-state index in [1.54, 1.807) is 11.8 Å². The summed E-state index contributed by atoms with van der Waals surface area (Å²) in [6, 6.07) is 7.56. The first kappa shape index (κ1) is 14.8. The molecule has 2 N–H and O–H groups in total. The summed E-state index contributed by atoms with van der Waals surface area (Å²) in [4.78, 5) is 5.53. The summed E-state index contributed by atoms with van der Waals surface area (Å²) in [5, 5.41) is 4.74. The van der Waals surface area contributed by atoms with Crippen LogP contribution in [0, 0.1) is 0 Å². The Bertz CT molecular complexity index is 636. The van der Waals surface area contributed by atoms with Gasteiger partial charge in [0.25, 0.3) is 0 Å². The quantitative estimate of drug-likeness (QED) is 0.871. The summed E-state index contributed by atoms with van der Waals surface area (Å²) in [7, 11) is 0. The molecule has 1 aromatic heterocycles. The second kappa shape index (κ2) is 5.96. The second-order valence-electron chi connectivity index (χ2n) is 5.30. The van der Waals surface area contributed by atoms with Crippen molar-refractivity contribution in [1.82, 2.24) is 10.1 Å². The number of halogens is 1. The number of ether oxygens (including phenoxy) is 1. The number of thioether (sulfide) groups is 1. The molecule has 5 nitrogen and oxygen atoms in total. The van der Waals surface area contributed by atoms with Crippen LogP contribution in [-0.4, -0.2) is 29.4 Å². The van der Waals surface area contributed by atoms with Gasteiger partial charge in [-0.2, -0.15) is 4.98 Å². The zero-order chi connectivity index (χ0) is 14.9. The molecular formula is C14H16ClN3O2S. The van der Waals surface area contributed by atoms with Crippen LogP contribution in [-0.2, 0) is 15.9 Å². The van der Waals surface area contributed by atoms with Crippen molar-refractivity contribution < 1.29 is 9.26 Å². The monoisotopic (exact) mass is 325 g/mol. The molecule has 7 heteroatoms. The average Bonchev–Trinajstić information content (AvgIpc) is 3.06. The minimum Gasteiger partial charge on any atom is -0.379 e. The lowest BCUT2D eigenvalue weighted by Gasteiger charge is -2.21. The van der Waals surface area contributed by atoms with E-state index in [2.05, 4.69) is 10.1 Å². The van der Waals surface area contributed by atoms with Gasteiger partial charge in [0.05, 0.1) is 24.4 Å². The molecule has 2 unspecified atom stereocenters. The van der Waals surface area contributed by atoms with E-state index in [-0.39, 0.29) is 6.04 Å². The molecule has 0 amide bonds. The Kier molecular flexibility index (Phi) is 4.21. The normalized spacial score (nSPS) is 25.4. The van der Waals surface area contributed by atoms with Crippen LogP contribution in [0.2, 0.25) is 5.02 Å². The Labute approximate surface area is 132 Å². The molecule has 0 radical (unpaired) electrons. The molecule has 0 bridgehead atoms. The minimum absolute atomic E-state index is 0.119. The van der Waals surface area contributed by atoms with Gasteiger partial charge in [-0.05, 0) is 25.1 Å². The Morgan fingerprint density at radius 2 is 2.38 bits per heavy atom. The lowest BCUT2D eigenvalue weighted by Crippen LogP contribution is -2.42. The van der Waals surface area contributed by atoms with Crippen LogP contribution in [0.25, 0.3) is 0 Å². The van der Waals surface area contributed by atoms with Crippen LogP contribution in [0.4, 0.5) is 0 Å². The molecule has 112 valence electrons. The van der Waals surface area contributed by atoms with E-state index in [1.165, 1.54) is 0 Å².